The Morgan fingerprint density at radius 1 is 1.03 bits per heavy atom. The number of methoxy groups -OCH3 is 2. The Labute approximate surface area is 263 Å². The Hall–Kier alpha value is -2.20. The summed E-state index contributed by atoms with van der Waals surface area (Å²) in [6, 6.07) is 14.5. The normalized spacial score (nSPS) is 10.8. The van der Waals surface area contributed by atoms with Crippen LogP contribution in [0.1, 0.15) is 42.6 Å². The van der Waals surface area contributed by atoms with E-state index in [9.17, 15) is 9.59 Å². The number of ether oxygens (including phenoxy) is 2. The molecular formula is C28H37Cl2N3NaO5+. The fourth-order valence-electron chi connectivity index (χ4n) is 3.66. The molecule has 0 aromatic heterocycles. The number of nitrogens with zero attached hydrogens (tertiary/aromatic N) is 1. The van der Waals surface area contributed by atoms with Crippen LogP contribution in [0, 0.1) is 0 Å². The van der Waals surface area contributed by atoms with Crippen LogP contribution < -0.4 is 50.1 Å². The maximum atomic E-state index is 12.1. The van der Waals surface area contributed by atoms with E-state index in [4.69, 9.17) is 31.9 Å². The third kappa shape index (κ3) is 10.7. The van der Waals surface area contributed by atoms with E-state index < -0.39 is 11.9 Å². The molecule has 0 saturated carbocycles. The van der Waals surface area contributed by atoms with Gasteiger partial charge in [-0.3, -0.25) is 9.59 Å². The number of nitrogens with two attached hydrogens (primary N) is 1. The van der Waals surface area contributed by atoms with Gasteiger partial charge in [-0.1, -0.05) is 49.7 Å². The molecule has 1 atom stereocenters. The van der Waals surface area contributed by atoms with Crippen LogP contribution in [0.25, 0.3) is 10.8 Å². The Bertz CT molecular complexity index is 1230. The van der Waals surface area contributed by atoms with Crippen molar-refractivity contribution in [3.05, 3.63) is 64.7 Å². The van der Waals surface area contributed by atoms with Gasteiger partial charge in [0.2, 0.25) is 0 Å². The molecule has 0 aliphatic carbocycles. The van der Waals surface area contributed by atoms with Crippen molar-refractivity contribution in [2.75, 3.05) is 46.1 Å². The number of carbonyl (C=O) groups excluding carboxylic acids is 1. The SMILES string of the molecule is CCN(CC)CCNC(=O)c1cc(Cl)c(N)cc1OC.COc1ccc2cc([C@H](C)C(=O)O)ccc2c1.Cl.[Na+]. The summed E-state index contributed by atoms with van der Waals surface area (Å²) in [5.74, 6) is -0.279. The molecule has 0 fully saturated rings. The fourth-order valence-corrected chi connectivity index (χ4v) is 3.82. The van der Waals surface area contributed by atoms with Gasteiger partial charge in [-0.15, -0.1) is 12.4 Å². The number of likely N-dealkylation sites (N-methyl/N-ethyl adjacent to an activating group) is 1. The van der Waals surface area contributed by atoms with Gasteiger partial charge in [-0.05, 0) is 54.5 Å². The number of nitrogen functional groups attached to an aromatic ring is 1. The van der Waals surface area contributed by atoms with E-state index in [1.54, 1.807) is 20.1 Å². The number of hydrogen-bond acceptors (Lipinski definition) is 6. The molecule has 3 aromatic rings. The topological polar surface area (TPSA) is 114 Å². The summed E-state index contributed by atoms with van der Waals surface area (Å²) in [6.45, 7) is 9.18. The van der Waals surface area contributed by atoms with Crippen molar-refractivity contribution in [2.24, 2.45) is 0 Å². The van der Waals surface area contributed by atoms with Crippen LogP contribution in [0.2, 0.25) is 5.02 Å². The molecule has 4 N–H and O–H groups in total. The maximum Gasteiger partial charge on any atom is 1.00 e. The second kappa shape index (κ2) is 18.2. The van der Waals surface area contributed by atoms with E-state index in [1.807, 2.05) is 36.4 Å². The molecule has 0 spiro atoms. The molecule has 0 aliphatic rings. The summed E-state index contributed by atoms with van der Waals surface area (Å²) in [7, 11) is 3.12. The van der Waals surface area contributed by atoms with Gasteiger partial charge in [0, 0.05) is 19.2 Å². The number of fused-ring (bicyclic) bond motifs is 1. The van der Waals surface area contributed by atoms with Crippen LogP contribution in [0.5, 0.6) is 11.5 Å². The van der Waals surface area contributed by atoms with Crippen molar-refractivity contribution in [2.45, 2.75) is 26.7 Å². The average molecular weight is 590 g/mol. The average Bonchev–Trinajstić information content (AvgIpc) is 2.91. The maximum absolute atomic E-state index is 12.1. The number of anilines is 1. The monoisotopic (exact) mass is 588 g/mol. The van der Waals surface area contributed by atoms with Crippen molar-refractivity contribution >= 4 is 52.3 Å². The third-order valence-corrected chi connectivity index (χ3v) is 6.44. The number of halogens is 2. The van der Waals surface area contributed by atoms with Gasteiger partial charge < -0.3 is 30.5 Å². The minimum absolute atomic E-state index is 0. The Kier molecular flexibility index (Phi) is 17.2. The molecule has 0 saturated heterocycles. The summed E-state index contributed by atoms with van der Waals surface area (Å²) in [5.41, 5.74) is 7.29. The molecule has 0 bridgehead atoms. The van der Waals surface area contributed by atoms with Crippen molar-refractivity contribution in [1.82, 2.24) is 10.2 Å². The van der Waals surface area contributed by atoms with Gasteiger partial charge >= 0.3 is 35.5 Å². The van der Waals surface area contributed by atoms with Gasteiger partial charge in [-0.2, -0.15) is 0 Å². The molecule has 3 aromatic carbocycles. The summed E-state index contributed by atoms with van der Waals surface area (Å²) >= 11 is 5.95. The van der Waals surface area contributed by atoms with Gasteiger partial charge in [0.05, 0.1) is 36.4 Å². The van der Waals surface area contributed by atoms with Crippen molar-refractivity contribution in [3.8, 4) is 11.5 Å². The first kappa shape index (κ1) is 36.8. The molecule has 0 radical (unpaired) electrons. The van der Waals surface area contributed by atoms with Gasteiger partial charge in [0.1, 0.15) is 11.5 Å². The van der Waals surface area contributed by atoms with Gasteiger partial charge in [0.15, 0.2) is 0 Å². The van der Waals surface area contributed by atoms with Crippen molar-refractivity contribution < 1.29 is 53.7 Å². The zero-order valence-electron chi connectivity index (χ0n) is 23.4. The van der Waals surface area contributed by atoms with E-state index in [0.717, 1.165) is 41.7 Å². The zero-order chi connectivity index (χ0) is 27.5. The van der Waals surface area contributed by atoms with E-state index in [-0.39, 0.29) is 47.9 Å². The predicted molar refractivity (Wildman–Crippen MR) is 156 cm³/mol. The molecule has 3 rings (SSSR count). The van der Waals surface area contributed by atoms with Gasteiger partial charge in [0.25, 0.3) is 5.91 Å². The molecule has 0 heterocycles. The first-order valence-corrected chi connectivity index (χ1v) is 12.5. The molecular weight excluding hydrogens is 552 g/mol. The van der Waals surface area contributed by atoms with E-state index >= 15 is 0 Å². The van der Waals surface area contributed by atoms with Crippen LogP contribution in [-0.4, -0.2) is 62.3 Å². The largest absolute Gasteiger partial charge is 1.00 e. The number of amides is 1. The number of benzene rings is 3. The summed E-state index contributed by atoms with van der Waals surface area (Å²) in [5, 5.41) is 14.2. The van der Waals surface area contributed by atoms with E-state index in [0.29, 0.717) is 28.6 Å². The quantitative estimate of drug-likeness (QED) is 0.246. The van der Waals surface area contributed by atoms with Crippen LogP contribution in [0.3, 0.4) is 0 Å². The number of carboxylic acid groups (broad SMARTS) is 1. The second-order valence-electron chi connectivity index (χ2n) is 8.39. The molecule has 0 aliphatic heterocycles. The third-order valence-electron chi connectivity index (χ3n) is 6.11. The minimum Gasteiger partial charge on any atom is -0.497 e. The van der Waals surface area contributed by atoms with Crippen LogP contribution >= 0.6 is 24.0 Å². The van der Waals surface area contributed by atoms with Crippen molar-refractivity contribution in [3.63, 3.8) is 0 Å². The van der Waals surface area contributed by atoms with E-state index in [2.05, 4.69) is 24.1 Å². The Balaban J connectivity index is 0.000000711. The minimum atomic E-state index is -0.808. The number of carbonyl (C=O) groups is 2. The van der Waals surface area contributed by atoms with Gasteiger partial charge in [-0.25, -0.2) is 0 Å². The van der Waals surface area contributed by atoms with E-state index in [1.165, 1.54) is 13.2 Å². The summed E-state index contributed by atoms with van der Waals surface area (Å²) < 4.78 is 10.3. The second-order valence-corrected chi connectivity index (χ2v) is 8.80. The Morgan fingerprint density at radius 2 is 1.64 bits per heavy atom. The number of rotatable bonds is 10. The molecule has 11 heteroatoms. The van der Waals surface area contributed by atoms with Crippen LogP contribution in [0.15, 0.2) is 48.5 Å². The molecule has 208 valence electrons. The predicted octanol–water partition coefficient (Wildman–Crippen LogP) is 2.46. The standard InChI is InChI=1S/C14H22ClN3O2.C14H14O3.ClH.Na/c1-4-18(5-2)7-6-17-14(19)10-8-11(15)12(16)9-13(10)20-3;1-9(14(15)16)10-3-4-12-8-13(17-2)6-5-11(12)7-10;;/h8-9H,4-7,16H2,1-3H3,(H,17,19);3-9H,1-2H3,(H,15,16);1H;/q;;;+1/t;9-;;/m.0../s1. The first-order chi connectivity index (χ1) is 17.6. The molecule has 0 unspecified atom stereocenters. The molecule has 39 heavy (non-hydrogen) atoms. The molecule has 8 nitrogen and oxygen atoms in total. The number of aliphatic carboxylic acids is 1. The van der Waals surface area contributed by atoms with Crippen LogP contribution in [-0.2, 0) is 4.79 Å². The summed E-state index contributed by atoms with van der Waals surface area (Å²) in [6.07, 6.45) is 0. The first-order valence-electron chi connectivity index (χ1n) is 12.1. The van der Waals surface area contributed by atoms with Crippen molar-refractivity contribution in [1.29, 1.82) is 0 Å². The number of nitrogens with one attached hydrogen (secondary N) is 1. The zero-order valence-corrected chi connectivity index (χ0v) is 27.0. The smallest absolute Gasteiger partial charge is 0.497 e. The molecule has 1 amide bonds. The fraction of sp³-hybridized carbons (Fsp3) is 0.357. The summed E-state index contributed by atoms with van der Waals surface area (Å²) in [4.78, 5) is 25.3. The Morgan fingerprint density at radius 3 is 2.21 bits per heavy atom. The number of hydrogen-bond donors (Lipinski definition) is 3. The number of carboxylic acids is 1. The van der Waals surface area contributed by atoms with Crippen LogP contribution in [0.4, 0.5) is 5.69 Å².